The van der Waals surface area contributed by atoms with Crippen molar-refractivity contribution >= 4 is 40.3 Å². The largest absolute Gasteiger partial charge is 0.493 e. The Kier molecular flexibility index (Phi) is 7.37. The number of hydrogen-bond donors (Lipinski definition) is 1. The van der Waals surface area contributed by atoms with Crippen LogP contribution in [0.15, 0.2) is 54.6 Å². The van der Waals surface area contributed by atoms with Crippen molar-refractivity contribution in [2.24, 2.45) is 0 Å². The van der Waals surface area contributed by atoms with E-state index in [1.807, 2.05) is 6.07 Å². The standard InChI is InChI=1S/C20H16FIN2O3/c1-3-8-27-19-17(22)10-13(11-18(19)26-2)9-14(12-23)20(25)24-16-6-4-15(21)5-7-16/h3-7,9-11H,1,8H2,2H3,(H,24,25)/b14-9-. The minimum atomic E-state index is -0.593. The predicted octanol–water partition coefficient (Wildman–Crippen LogP) is 4.55. The van der Waals surface area contributed by atoms with Crippen molar-refractivity contribution in [2.45, 2.75) is 0 Å². The van der Waals surface area contributed by atoms with Gasteiger partial charge in [0.25, 0.3) is 5.91 Å². The number of methoxy groups -OCH3 is 1. The second-order valence-corrected chi connectivity index (χ2v) is 6.43. The summed E-state index contributed by atoms with van der Waals surface area (Å²) < 4.78 is 24.6. The Labute approximate surface area is 170 Å². The number of rotatable bonds is 7. The van der Waals surface area contributed by atoms with Crippen molar-refractivity contribution in [1.29, 1.82) is 5.26 Å². The molecule has 7 heteroatoms. The van der Waals surface area contributed by atoms with Gasteiger partial charge in [-0.25, -0.2) is 4.39 Å². The summed E-state index contributed by atoms with van der Waals surface area (Å²) in [6.07, 6.45) is 3.07. The van der Waals surface area contributed by atoms with Gasteiger partial charge in [0.2, 0.25) is 0 Å². The number of nitriles is 1. The summed E-state index contributed by atoms with van der Waals surface area (Å²) >= 11 is 2.08. The zero-order valence-corrected chi connectivity index (χ0v) is 16.6. The Morgan fingerprint density at radius 1 is 1.37 bits per heavy atom. The number of ether oxygens (including phenoxy) is 2. The first-order chi connectivity index (χ1) is 13.0. The van der Waals surface area contributed by atoms with Crippen LogP contribution in [0.5, 0.6) is 11.5 Å². The Morgan fingerprint density at radius 3 is 2.67 bits per heavy atom. The van der Waals surface area contributed by atoms with Crippen LogP contribution in [0, 0.1) is 20.7 Å². The number of anilines is 1. The lowest BCUT2D eigenvalue weighted by atomic mass is 10.1. The lowest BCUT2D eigenvalue weighted by Gasteiger charge is -2.12. The molecule has 0 aliphatic rings. The van der Waals surface area contributed by atoms with Crippen LogP contribution in [0.25, 0.3) is 6.08 Å². The number of hydrogen-bond acceptors (Lipinski definition) is 4. The Hall–Kier alpha value is -2.86. The summed E-state index contributed by atoms with van der Waals surface area (Å²) in [6, 6.07) is 10.6. The molecule has 0 aliphatic heterocycles. The van der Waals surface area contributed by atoms with Gasteiger partial charge < -0.3 is 14.8 Å². The molecule has 1 amide bonds. The average Bonchev–Trinajstić information content (AvgIpc) is 2.66. The second kappa shape index (κ2) is 9.73. The van der Waals surface area contributed by atoms with E-state index < -0.39 is 11.7 Å². The van der Waals surface area contributed by atoms with Gasteiger partial charge in [-0.15, -0.1) is 0 Å². The van der Waals surface area contributed by atoms with E-state index in [1.54, 1.807) is 18.2 Å². The van der Waals surface area contributed by atoms with Crippen molar-refractivity contribution in [3.8, 4) is 17.6 Å². The molecule has 0 unspecified atom stereocenters. The third kappa shape index (κ3) is 5.56. The van der Waals surface area contributed by atoms with Crippen molar-refractivity contribution in [3.05, 3.63) is 69.6 Å². The minimum Gasteiger partial charge on any atom is -0.493 e. The Bertz CT molecular complexity index is 918. The van der Waals surface area contributed by atoms with Gasteiger partial charge in [-0.2, -0.15) is 5.26 Å². The van der Waals surface area contributed by atoms with Gasteiger partial charge in [-0.05, 0) is 70.6 Å². The average molecular weight is 478 g/mol. The van der Waals surface area contributed by atoms with E-state index in [4.69, 9.17) is 9.47 Å². The fourth-order valence-electron chi connectivity index (χ4n) is 2.15. The molecule has 0 bridgehead atoms. The highest BCUT2D eigenvalue weighted by atomic mass is 127. The first kappa shape index (κ1) is 20.5. The summed E-state index contributed by atoms with van der Waals surface area (Å²) in [5.41, 5.74) is 0.896. The number of benzene rings is 2. The minimum absolute atomic E-state index is 0.100. The maximum Gasteiger partial charge on any atom is 0.266 e. The van der Waals surface area contributed by atoms with E-state index >= 15 is 0 Å². The highest BCUT2D eigenvalue weighted by Crippen LogP contribution is 2.34. The van der Waals surface area contributed by atoms with Crippen LogP contribution >= 0.6 is 22.6 Å². The SMILES string of the molecule is C=CCOc1c(I)cc(/C=C(/C#N)C(=O)Nc2ccc(F)cc2)cc1OC. The number of nitrogens with zero attached hydrogens (tertiary/aromatic N) is 1. The molecular formula is C20H16FIN2O3. The van der Waals surface area contributed by atoms with Crippen LogP contribution in [-0.4, -0.2) is 19.6 Å². The fourth-order valence-corrected chi connectivity index (χ4v) is 2.93. The fraction of sp³-hybridized carbons (Fsp3) is 0.100. The van der Waals surface area contributed by atoms with Crippen LogP contribution < -0.4 is 14.8 Å². The number of carbonyl (C=O) groups excluding carboxylic acids is 1. The van der Waals surface area contributed by atoms with Gasteiger partial charge in [0, 0.05) is 5.69 Å². The molecule has 27 heavy (non-hydrogen) atoms. The highest BCUT2D eigenvalue weighted by molar-refractivity contribution is 14.1. The molecule has 0 heterocycles. The molecule has 0 radical (unpaired) electrons. The second-order valence-electron chi connectivity index (χ2n) is 5.26. The molecule has 0 atom stereocenters. The van der Waals surface area contributed by atoms with Crippen LogP contribution in [-0.2, 0) is 4.79 Å². The van der Waals surface area contributed by atoms with Gasteiger partial charge in [-0.1, -0.05) is 12.7 Å². The van der Waals surface area contributed by atoms with Crippen molar-refractivity contribution in [2.75, 3.05) is 19.0 Å². The van der Waals surface area contributed by atoms with Gasteiger partial charge >= 0.3 is 0 Å². The number of carbonyl (C=O) groups is 1. The van der Waals surface area contributed by atoms with Crippen molar-refractivity contribution in [1.82, 2.24) is 0 Å². The van der Waals surface area contributed by atoms with E-state index in [2.05, 4.69) is 34.5 Å². The number of halogens is 2. The van der Waals surface area contributed by atoms with Crippen LogP contribution in [0.4, 0.5) is 10.1 Å². The first-order valence-corrected chi connectivity index (χ1v) is 8.86. The van der Waals surface area contributed by atoms with E-state index in [9.17, 15) is 14.4 Å². The maximum atomic E-state index is 13.0. The van der Waals surface area contributed by atoms with Crippen molar-refractivity contribution in [3.63, 3.8) is 0 Å². The molecule has 2 aromatic carbocycles. The first-order valence-electron chi connectivity index (χ1n) is 7.78. The summed E-state index contributed by atoms with van der Waals surface area (Å²) in [5, 5.41) is 11.9. The maximum absolute atomic E-state index is 13.0. The zero-order valence-electron chi connectivity index (χ0n) is 14.5. The van der Waals surface area contributed by atoms with E-state index in [1.165, 1.54) is 37.5 Å². The van der Waals surface area contributed by atoms with Crippen LogP contribution in [0.1, 0.15) is 5.56 Å². The number of amides is 1. The summed E-state index contributed by atoms with van der Waals surface area (Å²) in [6.45, 7) is 3.93. The lowest BCUT2D eigenvalue weighted by Crippen LogP contribution is -2.13. The van der Waals surface area contributed by atoms with E-state index in [0.29, 0.717) is 29.4 Å². The molecule has 2 rings (SSSR count). The van der Waals surface area contributed by atoms with Crippen LogP contribution in [0.3, 0.4) is 0 Å². The predicted molar refractivity (Wildman–Crippen MR) is 110 cm³/mol. The normalized spacial score (nSPS) is 10.7. The molecule has 0 aliphatic carbocycles. The smallest absolute Gasteiger partial charge is 0.266 e. The molecule has 2 aromatic rings. The summed E-state index contributed by atoms with van der Waals surface area (Å²) in [4.78, 5) is 12.3. The molecular weight excluding hydrogens is 462 g/mol. The molecule has 0 spiro atoms. The van der Waals surface area contributed by atoms with Crippen molar-refractivity contribution < 1.29 is 18.7 Å². The number of nitrogens with one attached hydrogen (secondary N) is 1. The molecule has 0 fully saturated rings. The molecule has 138 valence electrons. The Balaban J connectivity index is 2.29. The van der Waals surface area contributed by atoms with Gasteiger partial charge in [-0.3, -0.25) is 4.79 Å². The molecule has 0 saturated heterocycles. The molecule has 1 N–H and O–H groups in total. The molecule has 0 aromatic heterocycles. The highest BCUT2D eigenvalue weighted by Gasteiger charge is 2.14. The zero-order chi connectivity index (χ0) is 19.8. The van der Waals surface area contributed by atoms with Gasteiger partial charge in [0.05, 0.1) is 10.7 Å². The monoisotopic (exact) mass is 478 g/mol. The summed E-state index contributed by atoms with van der Waals surface area (Å²) in [5.74, 6) is 0.0326. The Morgan fingerprint density at radius 2 is 2.07 bits per heavy atom. The van der Waals surface area contributed by atoms with E-state index in [0.717, 1.165) is 3.57 Å². The topological polar surface area (TPSA) is 71.3 Å². The molecule has 5 nitrogen and oxygen atoms in total. The molecule has 0 saturated carbocycles. The third-order valence-electron chi connectivity index (χ3n) is 3.38. The quantitative estimate of drug-likeness (QED) is 0.275. The van der Waals surface area contributed by atoms with Gasteiger partial charge in [0.15, 0.2) is 11.5 Å². The lowest BCUT2D eigenvalue weighted by molar-refractivity contribution is -0.112. The summed E-state index contributed by atoms with van der Waals surface area (Å²) in [7, 11) is 1.51. The van der Waals surface area contributed by atoms with Gasteiger partial charge in [0.1, 0.15) is 24.1 Å². The third-order valence-corrected chi connectivity index (χ3v) is 4.18. The van der Waals surface area contributed by atoms with Crippen LogP contribution in [0.2, 0.25) is 0 Å². The van der Waals surface area contributed by atoms with E-state index in [-0.39, 0.29) is 5.57 Å².